The quantitative estimate of drug-likeness (QED) is 0.489. The highest BCUT2D eigenvalue weighted by Crippen LogP contribution is 2.17. The van der Waals surface area contributed by atoms with Gasteiger partial charge in [0.2, 0.25) is 5.91 Å². The van der Waals surface area contributed by atoms with Gasteiger partial charge in [-0.05, 0) is 29.8 Å². The van der Waals surface area contributed by atoms with Crippen LogP contribution in [-0.4, -0.2) is 34.9 Å². The molecule has 1 atom stereocenters. The van der Waals surface area contributed by atoms with Crippen LogP contribution in [0.15, 0.2) is 54.6 Å². The maximum atomic E-state index is 11.8. The van der Waals surface area contributed by atoms with E-state index in [1.807, 2.05) is 0 Å². The number of nitrogens with zero attached hydrogens (tertiary/aromatic N) is 1. The number of hydrogen-bond donors (Lipinski definition) is 3. The number of benzene rings is 2. The lowest BCUT2D eigenvalue weighted by Gasteiger charge is -2.12. The Morgan fingerprint density at radius 3 is 2.31 bits per heavy atom. The van der Waals surface area contributed by atoms with E-state index in [0.29, 0.717) is 11.1 Å². The van der Waals surface area contributed by atoms with Crippen molar-refractivity contribution in [1.82, 2.24) is 10.6 Å². The molecule has 2 amide bonds. The predicted molar refractivity (Wildman–Crippen MR) is 94.5 cm³/mol. The molecule has 8 heteroatoms. The zero-order chi connectivity index (χ0) is 18.9. The Morgan fingerprint density at radius 1 is 1.04 bits per heavy atom. The number of nitro groups is 1. The molecule has 0 aromatic heterocycles. The molecule has 0 saturated heterocycles. The fourth-order valence-electron chi connectivity index (χ4n) is 2.22. The minimum atomic E-state index is -0.973. The van der Waals surface area contributed by atoms with Crippen molar-refractivity contribution in [3.8, 4) is 0 Å². The first-order valence-electron chi connectivity index (χ1n) is 7.99. The summed E-state index contributed by atoms with van der Waals surface area (Å²) in [6.07, 6.45) is -0.899. The Labute approximate surface area is 150 Å². The third-order valence-electron chi connectivity index (χ3n) is 3.65. The number of rotatable bonds is 8. The van der Waals surface area contributed by atoms with Crippen molar-refractivity contribution < 1.29 is 19.6 Å². The average Bonchev–Trinajstić information content (AvgIpc) is 2.66. The number of nitro benzene ring substituents is 1. The fraction of sp³-hybridized carbons (Fsp3) is 0.222. The lowest BCUT2D eigenvalue weighted by molar-refractivity contribution is -0.384. The molecule has 3 N–H and O–H groups in total. The zero-order valence-corrected chi connectivity index (χ0v) is 13.9. The number of aliphatic hydroxyl groups is 1. The van der Waals surface area contributed by atoms with Crippen LogP contribution in [-0.2, 0) is 4.79 Å². The van der Waals surface area contributed by atoms with Crippen LogP contribution in [0.4, 0.5) is 5.69 Å². The van der Waals surface area contributed by atoms with Crippen LogP contribution in [0.3, 0.4) is 0 Å². The summed E-state index contributed by atoms with van der Waals surface area (Å²) in [5, 5.41) is 25.8. The van der Waals surface area contributed by atoms with E-state index < -0.39 is 11.0 Å². The second-order valence-electron chi connectivity index (χ2n) is 5.54. The number of carbonyl (C=O) groups excluding carboxylic acids is 2. The number of nitrogens with one attached hydrogen (secondary N) is 2. The van der Waals surface area contributed by atoms with Crippen molar-refractivity contribution in [1.29, 1.82) is 0 Å². The predicted octanol–water partition coefficient (Wildman–Crippen LogP) is 1.56. The molecule has 0 spiro atoms. The van der Waals surface area contributed by atoms with E-state index >= 15 is 0 Å². The topological polar surface area (TPSA) is 122 Å². The second-order valence-corrected chi connectivity index (χ2v) is 5.54. The first kappa shape index (κ1) is 19.1. The summed E-state index contributed by atoms with van der Waals surface area (Å²) in [4.78, 5) is 33.7. The number of hydrogen-bond acceptors (Lipinski definition) is 5. The lowest BCUT2D eigenvalue weighted by Crippen LogP contribution is -2.32. The lowest BCUT2D eigenvalue weighted by atomic mass is 10.1. The second kappa shape index (κ2) is 9.28. The molecular formula is C18H19N3O5. The van der Waals surface area contributed by atoms with Crippen molar-refractivity contribution in [2.75, 3.05) is 13.1 Å². The van der Waals surface area contributed by atoms with E-state index in [-0.39, 0.29) is 37.0 Å². The highest BCUT2D eigenvalue weighted by atomic mass is 16.6. The van der Waals surface area contributed by atoms with Crippen molar-refractivity contribution in [2.45, 2.75) is 12.5 Å². The monoisotopic (exact) mass is 357 g/mol. The molecule has 0 fully saturated rings. The van der Waals surface area contributed by atoms with Crippen molar-refractivity contribution in [2.24, 2.45) is 0 Å². The summed E-state index contributed by atoms with van der Waals surface area (Å²) in [6, 6.07) is 14.1. The smallest absolute Gasteiger partial charge is 0.269 e. The van der Waals surface area contributed by atoms with Gasteiger partial charge < -0.3 is 15.7 Å². The molecule has 0 radical (unpaired) electrons. The van der Waals surface area contributed by atoms with Crippen LogP contribution >= 0.6 is 0 Å². The standard InChI is InChI=1S/C18H19N3O5/c22-16(13-6-8-15(9-7-13)21(25)26)12-20-17(23)10-11-19-18(24)14-4-2-1-3-5-14/h1-9,16,22H,10-12H2,(H,19,24)(H,20,23)/t16-/m0/s1. The molecule has 0 aliphatic carbocycles. The average molecular weight is 357 g/mol. The van der Waals surface area contributed by atoms with Crippen LogP contribution in [0.5, 0.6) is 0 Å². The van der Waals surface area contributed by atoms with Crippen LogP contribution in [0, 0.1) is 10.1 Å². The molecule has 2 aromatic rings. The third-order valence-corrected chi connectivity index (χ3v) is 3.65. The van der Waals surface area contributed by atoms with Crippen LogP contribution in [0.2, 0.25) is 0 Å². The highest BCUT2D eigenvalue weighted by molar-refractivity contribution is 5.94. The Bertz CT molecular complexity index is 762. The Balaban J connectivity index is 1.71. The molecular weight excluding hydrogens is 338 g/mol. The molecule has 0 aliphatic rings. The highest BCUT2D eigenvalue weighted by Gasteiger charge is 2.12. The van der Waals surface area contributed by atoms with Gasteiger partial charge in [0.1, 0.15) is 0 Å². The Morgan fingerprint density at radius 2 is 1.69 bits per heavy atom. The first-order valence-corrected chi connectivity index (χ1v) is 7.99. The van der Waals surface area contributed by atoms with Gasteiger partial charge >= 0.3 is 0 Å². The normalized spacial score (nSPS) is 11.4. The van der Waals surface area contributed by atoms with Gasteiger partial charge in [0.05, 0.1) is 11.0 Å². The van der Waals surface area contributed by atoms with E-state index in [2.05, 4.69) is 10.6 Å². The molecule has 0 bridgehead atoms. The zero-order valence-electron chi connectivity index (χ0n) is 13.9. The molecule has 2 aromatic carbocycles. The molecule has 136 valence electrons. The van der Waals surface area contributed by atoms with Gasteiger partial charge in [-0.2, -0.15) is 0 Å². The van der Waals surface area contributed by atoms with E-state index in [0.717, 1.165) is 0 Å². The summed E-state index contributed by atoms with van der Waals surface area (Å²) in [6.45, 7) is 0.149. The molecule has 0 aliphatic heterocycles. The summed E-state index contributed by atoms with van der Waals surface area (Å²) in [5.74, 6) is -0.580. The van der Waals surface area contributed by atoms with E-state index in [9.17, 15) is 24.8 Å². The SMILES string of the molecule is O=C(CCNC(=O)c1ccccc1)NC[C@H](O)c1ccc([N+](=O)[O-])cc1. The van der Waals surface area contributed by atoms with Gasteiger partial charge in [-0.25, -0.2) is 0 Å². The van der Waals surface area contributed by atoms with E-state index in [4.69, 9.17) is 0 Å². The third kappa shape index (κ3) is 5.67. The Hall–Kier alpha value is -3.26. The summed E-state index contributed by atoms with van der Waals surface area (Å²) in [5.41, 5.74) is 0.911. The van der Waals surface area contributed by atoms with Crippen LogP contribution in [0.1, 0.15) is 28.4 Å². The minimum absolute atomic E-state index is 0.0245. The van der Waals surface area contributed by atoms with Crippen molar-refractivity contribution >= 4 is 17.5 Å². The summed E-state index contributed by atoms with van der Waals surface area (Å²) in [7, 11) is 0. The molecule has 2 rings (SSSR count). The van der Waals surface area contributed by atoms with Gasteiger partial charge in [0.25, 0.3) is 11.6 Å². The van der Waals surface area contributed by atoms with Crippen molar-refractivity contribution in [3.63, 3.8) is 0 Å². The molecule has 0 heterocycles. The summed E-state index contributed by atoms with van der Waals surface area (Å²) < 4.78 is 0. The van der Waals surface area contributed by atoms with E-state index in [1.54, 1.807) is 30.3 Å². The maximum Gasteiger partial charge on any atom is 0.269 e. The number of amides is 2. The first-order chi connectivity index (χ1) is 12.5. The van der Waals surface area contributed by atoms with Crippen LogP contribution in [0.25, 0.3) is 0 Å². The molecule has 8 nitrogen and oxygen atoms in total. The Kier molecular flexibility index (Phi) is 6.81. The largest absolute Gasteiger partial charge is 0.387 e. The van der Waals surface area contributed by atoms with Crippen molar-refractivity contribution in [3.05, 3.63) is 75.8 Å². The number of non-ortho nitro benzene ring substituents is 1. The van der Waals surface area contributed by atoms with Gasteiger partial charge in [-0.1, -0.05) is 18.2 Å². The molecule has 0 unspecified atom stereocenters. The van der Waals surface area contributed by atoms with Gasteiger partial charge in [-0.15, -0.1) is 0 Å². The summed E-state index contributed by atoms with van der Waals surface area (Å²) >= 11 is 0. The van der Waals surface area contributed by atoms with Gasteiger partial charge in [-0.3, -0.25) is 19.7 Å². The number of aliphatic hydroxyl groups excluding tert-OH is 1. The molecule has 26 heavy (non-hydrogen) atoms. The fourth-order valence-corrected chi connectivity index (χ4v) is 2.22. The minimum Gasteiger partial charge on any atom is -0.387 e. The van der Waals surface area contributed by atoms with E-state index in [1.165, 1.54) is 24.3 Å². The van der Waals surface area contributed by atoms with Crippen LogP contribution < -0.4 is 10.6 Å². The number of carbonyl (C=O) groups is 2. The molecule has 0 saturated carbocycles. The van der Waals surface area contributed by atoms with Gasteiger partial charge in [0.15, 0.2) is 0 Å². The maximum absolute atomic E-state index is 11.8. The van der Waals surface area contributed by atoms with Gasteiger partial charge in [0, 0.05) is 37.2 Å².